The fourth-order valence-electron chi connectivity index (χ4n) is 2.33. The van der Waals surface area contributed by atoms with E-state index in [-0.39, 0.29) is 0 Å². The summed E-state index contributed by atoms with van der Waals surface area (Å²) in [7, 11) is 0. The Kier molecular flexibility index (Phi) is 3.23. The second-order valence-electron chi connectivity index (χ2n) is 4.68. The Balaban J connectivity index is 1.72. The van der Waals surface area contributed by atoms with E-state index < -0.39 is 12.1 Å². The summed E-state index contributed by atoms with van der Waals surface area (Å²) in [5.74, 6) is -0.0541. The van der Waals surface area contributed by atoms with Gasteiger partial charge in [0.15, 0.2) is 6.10 Å². The highest BCUT2D eigenvalue weighted by Gasteiger charge is 2.26. The van der Waals surface area contributed by atoms with E-state index in [0.29, 0.717) is 19.7 Å². The smallest absolute Gasteiger partial charge is 0.334 e. The van der Waals surface area contributed by atoms with Crippen LogP contribution in [0.2, 0.25) is 0 Å². The molecule has 0 bridgehead atoms. The molecule has 1 aromatic heterocycles. The van der Waals surface area contributed by atoms with Crippen LogP contribution in [0.25, 0.3) is 11.0 Å². The highest BCUT2D eigenvalue weighted by molar-refractivity contribution is 5.77. The Morgan fingerprint density at radius 3 is 3.05 bits per heavy atom. The van der Waals surface area contributed by atoms with E-state index in [1.165, 1.54) is 0 Å². The Hall–Kier alpha value is -1.85. The van der Waals surface area contributed by atoms with Gasteiger partial charge in [0, 0.05) is 18.5 Å². The summed E-state index contributed by atoms with van der Waals surface area (Å²) in [5.41, 5.74) is 0.862. The summed E-state index contributed by atoms with van der Waals surface area (Å²) in [6.07, 6.45) is -0.738. The summed E-state index contributed by atoms with van der Waals surface area (Å²) >= 11 is 0. The molecule has 2 aromatic rings. The van der Waals surface area contributed by atoms with E-state index in [4.69, 9.17) is 14.3 Å². The van der Waals surface area contributed by atoms with Crippen LogP contribution in [-0.2, 0) is 16.1 Å². The first-order valence-electron chi connectivity index (χ1n) is 6.26. The zero-order valence-corrected chi connectivity index (χ0v) is 10.4. The second kappa shape index (κ2) is 5.03. The molecule has 1 aromatic carbocycles. The fraction of sp³-hybridized carbons (Fsp3) is 0.357. The van der Waals surface area contributed by atoms with Crippen LogP contribution >= 0.6 is 0 Å². The molecule has 2 heterocycles. The maximum atomic E-state index is 10.9. The summed E-state index contributed by atoms with van der Waals surface area (Å²) in [4.78, 5) is 13.0. The SMILES string of the molecule is O=C(O)C1CN(Cc2cc3ccccc3o2)CCO1. The third kappa shape index (κ3) is 2.62. The zero-order chi connectivity index (χ0) is 13.2. The number of fused-ring (bicyclic) bond motifs is 1. The molecule has 1 atom stereocenters. The van der Waals surface area contributed by atoms with Crippen molar-refractivity contribution in [2.75, 3.05) is 19.7 Å². The van der Waals surface area contributed by atoms with Gasteiger partial charge in [0.2, 0.25) is 0 Å². The highest BCUT2D eigenvalue weighted by Crippen LogP contribution is 2.20. The number of carboxylic acid groups (broad SMARTS) is 1. The van der Waals surface area contributed by atoms with Crippen molar-refractivity contribution in [3.63, 3.8) is 0 Å². The normalized spacial score (nSPS) is 20.7. The predicted octanol–water partition coefficient (Wildman–Crippen LogP) is 1.72. The number of hydrogen-bond acceptors (Lipinski definition) is 4. The first-order chi connectivity index (χ1) is 9.22. The number of carboxylic acids is 1. The third-order valence-electron chi connectivity index (χ3n) is 3.28. The lowest BCUT2D eigenvalue weighted by molar-refractivity contribution is -0.156. The predicted molar refractivity (Wildman–Crippen MR) is 68.9 cm³/mol. The molecule has 1 aliphatic rings. The van der Waals surface area contributed by atoms with Crippen molar-refractivity contribution >= 4 is 16.9 Å². The lowest BCUT2D eigenvalue weighted by Gasteiger charge is -2.29. The molecule has 1 unspecified atom stereocenters. The first kappa shape index (κ1) is 12.2. The van der Waals surface area contributed by atoms with E-state index in [9.17, 15) is 4.79 Å². The average molecular weight is 261 g/mol. The molecule has 3 rings (SSSR count). The average Bonchev–Trinajstić information content (AvgIpc) is 2.81. The summed E-state index contributed by atoms with van der Waals surface area (Å²) in [5, 5.41) is 10.0. The van der Waals surface area contributed by atoms with Crippen LogP contribution in [0.3, 0.4) is 0 Å². The van der Waals surface area contributed by atoms with Crippen LogP contribution in [0, 0.1) is 0 Å². The van der Waals surface area contributed by atoms with Crippen molar-refractivity contribution in [1.29, 1.82) is 0 Å². The van der Waals surface area contributed by atoms with Crippen molar-refractivity contribution in [2.24, 2.45) is 0 Å². The van der Waals surface area contributed by atoms with Gasteiger partial charge in [-0.15, -0.1) is 0 Å². The first-order valence-corrected chi connectivity index (χ1v) is 6.26. The van der Waals surface area contributed by atoms with Crippen molar-refractivity contribution in [1.82, 2.24) is 4.90 Å². The van der Waals surface area contributed by atoms with Crippen LogP contribution < -0.4 is 0 Å². The summed E-state index contributed by atoms with van der Waals surface area (Å²) in [6, 6.07) is 9.84. The molecule has 1 N–H and O–H groups in total. The van der Waals surface area contributed by atoms with Crippen molar-refractivity contribution in [3.05, 3.63) is 36.1 Å². The quantitative estimate of drug-likeness (QED) is 0.911. The molecular weight excluding hydrogens is 246 g/mol. The van der Waals surface area contributed by atoms with Crippen LogP contribution in [0.4, 0.5) is 0 Å². The minimum Gasteiger partial charge on any atom is -0.479 e. The van der Waals surface area contributed by atoms with E-state index in [2.05, 4.69) is 0 Å². The zero-order valence-electron chi connectivity index (χ0n) is 10.4. The Bertz CT molecular complexity index is 559. The third-order valence-corrected chi connectivity index (χ3v) is 3.28. The van der Waals surface area contributed by atoms with Gasteiger partial charge in [0.25, 0.3) is 0 Å². The Morgan fingerprint density at radius 1 is 1.42 bits per heavy atom. The molecular formula is C14H15NO4. The van der Waals surface area contributed by atoms with Gasteiger partial charge in [-0.1, -0.05) is 18.2 Å². The van der Waals surface area contributed by atoms with E-state index >= 15 is 0 Å². The second-order valence-corrected chi connectivity index (χ2v) is 4.68. The Labute approximate surface area is 110 Å². The number of carbonyl (C=O) groups is 1. The molecule has 5 heteroatoms. The molecule has 0 spiro atoms. The van der Waals surface area contributed by atoms with Crippen molar-refractivity contribution in [2.45, 2.75) is 12.6 Å². The largest absolute Gasteiger partial charge is 0.479 e. The number of rotatable bonds is 3. The molecule has 0 radical (unpaired) electrons. The number of furan rings is 1. The van der Waals surface area contributed by atoms with Gasteiger partial charge in [0.1, 0.15) is 11.3 Å². The number of nitrogens with zero attached hydrogens (tertiary/aromatic N) is 1. The minimum absolute atomic E-state index is 0.395. The number of morpholine rings is 1. The van der Waals surface area contributed by atoms with Gasteiger partial charge >= 0.3 is 5.97 Å². The maximum absolute atomic E-state index is 10.9. The van der Waals surface area contributed by atoms with E-state index in [1.807, 2.05) is 35.2 Å². The lowest BCUT2D eigenvalue weighted by atomic mass is 10.2. The summed E-state index contributed by atoms with van der Waals surface area (Å²) < 4.78 is 10.9. The topological polar surface area (TPSA) is 62.9 Å². The minimum atomic E-state index is -0.908. The number of hydrogen-bond donors (Lipinski definition) is 1. The van der Waals surface area contributed by atoms with Crippen molar-refractivity contribution in [3.8, 4) is 0 Å². The molecule has 1 fully saturated rings. The Morgan fingerprint density at radius 2 is 2.26 bits per heavy atom. The molecule has 5 nitrogen and oxygen atoms in total. The van der Waals surface area contributed by atoms with Crippen molar-refractivity contribution < 1.29 is 19.1 Å². The van der Waals surface area contributed by atoms with Crippen LogP contribution in [0.5, 0.6) is 0 Å². The van der Waals surface area contributed by atoms with E-state index in [0.717, 1.165) is 23.3 Å². The molecule has 0 saturated carbocycles. The van der Waals surface area contributed by atoms with Crippen LogP contribution in [-0.4, -0.2) is 41.8 Å². The van der Waals surface area contributed by atoms with Gasteiger partial charge in [0.05, 0.1) is 13.2 Å². The molecule has 0 amide bonds. The van der Waals surface area contributed by atoms with Gasteiger partial charge in [-0.25, -0.2) is 4.79 Å². The number of benzene rings is 1. The van der Waals surface area contributed by atoms with Gasteiger partial charge in [-0.2, -0.15) is 0 Å². The van der Waals surface area contributed by atoms with Crippen LogP contribution in [0.1, 0.15) is 5.76 Å². The number of aliphatic carboxylic acids is 1. The standard InChI is InChI=1S/C14H15NO4/c16-14(17)13-9-15(5-6-18-13)8-11-7-10-3-1-2-4-12(10)19-11/h1-4,7,13H,5-6,8-9H2,(H,16,17). The van der Waals surface area contributed by atoms with Gasteiger partial charge in [-0.3, -0.25) is 4.90 Å². The lowest BCUT2D eigenvalue weighted by Crippen LogP contribution is -2.45. The molecule has 100 valence electrons. The maximum Gasteiger partial charge on any atom is 0.334 e. The fourth-order valence-corrected chi connectivity index (χ4v) is 2.33. The van der Waals surface area contributed by atoms with Crippen LogP contribution in [0.15, 0.2) is 34.7 Å². The van der Waals surface area contributed by atoms with E-state index in [1.54, 1.807) is 0 Å². The van der Waals surface area contributed by atoms with Gasteiger partial charge < -0.3 is 14.3 Å². The highest BCUT2D eigenvalue weighted by atomic mass is 16.5. The summed E-state index contributed by atoms with van der Waals surface area (Å²) in [6.45, 7) is 2.17. The molecule has 0 aliphatic carbocycles. The molecule has 1 aliphatic heterocycles. The van der Waals surface area contributed by atoms with Gasteiger partial charge in [-0.05, 0) is 12.1 Å². The molecule has 19 heavy (non-hydrogen) atoms. The number of ether oxygens (including phenoxy) is 1. The number of para-hydroxylation sites is 1. The molecule has 1 saturated heterocycles. The monoisotopic (exact) mass is 261 g/mol.